The van der Waals surface area contributed by atoms with Crippen LogP contribution < -0.4 is 10.5 Å². The highest BCUT2D eigenvalue weighted by molar-refractivity contribution is 7.89. The van der Waals surface area contributed by atoms with Gasteiger partial charge in [0, 0.05) is 29.9 Å². The van der Waals surface area contributed by atoms with Gasteiger partial charge in [-0.2, -0.15) is 4.31 Å². The van der Waals surface area contributed by atoms with Crippen LogP contribution in [0.15, 0.2) is 47.4 Å². The van der Waals surface area contributed by atoms with Gasteiger partial charge in [-0.25, -0.2) is 8.42 Å². The Morgan fingerprint density at radius 3 is 2.60 bits per heavy atom. The molecule has 1 amide bonds. The summed E-state index contributed by atoms with van der Waals surface area (Å²) in [6.45, 7) is 0.482. The summed E-state index contributed by atoms with van der Waals surface area (Å²) < 4.78 is 33.7. The zero-order valence-corrected chi connectivity index (χ0v) is 19.1. The highest BCUT2D eigenvalue weighted by atomic mass is 35.5. The van der Waals surface area contributed by atoms with Crippen LogP contribution in [0, 0.1) is 5.41 Å². The van der Waals surface area contributed by atoms with Gasteiger partial charge in [-0.1, -0.05) is 46.9 Å². The largest absolute Gasteiger partial charge is 0.493 e. The van der Waals surface area contributed by atoms with Crippen molar-refractivity contribution in [3.63, 3.8) is 0 Å². The molecule has 10 heteroatoms. The average Bonchev–Trinajstić information content (AvgIpc) is 2.68. The predicted octanol–water partition coefficient (Wildman–Crippen LogP) is 4.37. The van der Waals surface area contributed by atoms with E-state index in [1.165, 1.54) is 22.5 Å². The number of carbonyl (C=O) groups excluding carboxylic acids is 1. The molecule has 1 aliphatic rings. The summed E-state index contributed by atoms with van der Waals surface area (Å²) in [6, 6.07) is 11.3. The number of nitrogens with two attached hydrogens (primary N) is 1. The third-order valence-corrected chi connectivity index (χ3v) is 8.10. The molecule has 1 heterocycles. The lowest BCUT2D eigenvalue weighted by molar-refractivity contribution is -0.121. The van der Waals surface area contributed by atoms with Crippen molar-refractivity contribution in [1.29, 1.82) is 0 Å². The molecule has 0 saturated carbocycles. The number of hydrogen-bond acceptors (Lipinski definition) is 4. The monoisotopic (exact) mass is 490 g/mol. The lowest BCUT2D eigenvalue weighted by atomic mass is 9.78. The van der Waals surface area contributed by atoms with Crippen LogP contribution in [0.5, 0.6) is 5.75 Å². The molecule has 1 aliphatic heterocycles. The van der Waals surface area contributed by atoms with Crippen LogP contribution in [0.25, 0.3) is 0 Å². The number of benzene rings is 2. The van der Waals surface area contributed by atoms with Crippen molar-refractivity contribution >= 4 is 50.7 Å². The van der Waals surface area contributed by atoms with Crippen molar-refractivity contribution in [2.24, 2.45) is 11.1 Å². The molecule has 0 aromatic heterocycles. The summed E-state index contributed by atoms with van der Waals surface area (Å²) in [7, 11) is -3.92. The highest BCUT2D eigenvalue weighted by Gasteiger charge is 2.42. The van der Waals surface area contributed by atoms with E-state index in [0.29, 0.717) is 30.2 Å². The molecule has 2 aromatic rings. The van der Waals surface area contributed by atoms with E-state index in [0.717, 1.165) is 0 Å². The van der Waals surface area contributed by atoms with Crippen LogP contribution in [-0.2, 0) is 14.8 Å². The summed E-state index contributed by atoms with van der Waals surface area (Å²) in [5.41, 5.74) is 4.72. The van der Waals surface area contributed by atoms with E-state index in [9.17, 15) is 13.2 Å². The molecule has 162 valence electrons. The van der Waals surface area contributed by atoms with Crippen LogP contribution in [0.1, 0.15) is 19.3 Å². The van der Waals surface area contributed by atoms with Gasteiger partial charge in [0.25, 0.3) is 0 Å². The first-order valence-electron chi connectivity index (χ1n) is 9.24. The van der Waals surface area contributed by atoms with Crippen molar-refractivity contribution in [3.05, 3.63) is 57.5 Å². The van der Waals surface area contributed by atoms with Crippen molar-refractivity contribution < 1.29 is 17.9 Å². The van der Waals surface area contributed by atoms with Crippen LogP contribution in [0.4, 0.5) is 0 Å². The fraction of sp³-hybridized carbons (Fsp3) is 0.350. The summed E-state index contributed by atoms with van der Waals surface area (Å²) in [5, 5.41) is 0.641. The number of hydrogen-bond donors (Lipinski definition) is 1. The van der Waals surface area contributed by atoms with Crippen LogP contribution in [0.2, 0.25) is 15.1 Å². The maximum Gasteiger partial charge on any atom is 0.244 e. The smallest absolute Gasteiger partial charge is 0.244 e. The second-order valence-electron chi connectivity index (χ2n) is 7.38. The fourth-order valence-corrected chi connectivity index (χ4v) is 6.17. The highest BCUT2D eigenvalue weighted by Crippen LogP contribution is 2.38. The van der Waals surface area contributed by atoms with Crippen LogP contribution >= 0.6 is 34.8 Å². The van der Waals surface area contributed by atoms with Crippen molar-refractivity contribution in [1.82, 2.24) is 4.31 Å². The number of carbonyl (C=O) groups is 1. The molecule has 0 bridgehead atoms. The quantitative estimate of drug-likeness (QED) is 0.623. The lowest BCUT2D eigenvalue weighted by Crippen LogP contribution is -2.50. The number of nitrogens with zero attached hydrogens (tertiary/aromatic N) is 1. The zero-order chi connectivity index (χ0) is 21.9. The number of ether oxygens (including phenoxy) is 1. The van der Waals surface area contributed by atoms with Gasteiger partial charge in [-0.3, -0.25) is 4.79 Å². The van der Waals surface area contributed by atoms with Crippen LogP contribution in [0.3, 0.4) is 0 Å². The van der Waals surface area contributed by atoms with E-state index in [1.54, 1.807) is 24.3 Å². The van der Waals surface area contributed by atoms with Crippen LogP contribution in [-0.4, -0.2) is 38.3 Å². The van der Waals surface area contributed by atoms with Gasteiger partial charge in [0.1, 0.15) is 10.6 Å². The zero-order valence-electron chi connectivity index (χ0n) is 16.0. The van der Waals surface area contributed by atoms with E-state index in [-0.39, 0.29) is 34.5 Å². The van der Waals surface area contributed by atoms with E-state index >= 15 is 0 Å². The lowest BCUT2D eigenvalue weighted by Gasteiger charge is -2.41. The first kappa shape index (κ1) is 23.2. The Hall–Kier alpha value is -1.51. The van der Waals surface area contributed by atoms with Gasteiger partial charge >= 0.3 is 0 Å². The second kappa shape index (κ2) is 9.32. The minimum absolute atomic E-state index is 0.0110. The standard InChI is InChI=1S/C20H21Cl3N2O4S/c21-14-4-1-5-15(10-14)29-13-20(11-18(24)26)8-3-9-25(12-20)30(27,28)17-7-2-6-16(22)19(17)23/h1-2,4-7,10H,3,8-9,11-13H2,(H2,24,26)/t20-/m1/s1. The summed E-state index contributed by atoms with van der Waals surface area (Å²) in [6.07, 6.45) is 1.12. The Kier molecular flexibility index (Phi) is 7.20. The minimum atomic E-state index is -3.92. The third-order valence-electron chi connectivity index (χ3n) is 5.05. The molecule has 0 radical (unpaired) electrons. The van der Waals surface area contributed by atoms with Gasteiger partial charge in [0.2, 0.25) is 15.9 Å². The maximum absolute atomic E-state index is 13.3. The molecule has 1 saturated heterocycles. The minimum Gasteiger partial charge on any atom is -0.493 e. The van der Waals surface area contributed by atoms with Gasteiger partial charge < -0.3 is 10.5 Å². The number of halogens is 3. The number of piperidine rings is 1. The first-order chi connectivity index (χ1) is 14.1. The molecule has 3 rings (SSSR count). The number of rotatable bonds is 7. The van der Waals surface area contributed by atoms with Gasteiger partial charge in [-0.05, 0) is 43.2 Å². The molecule has 2 N–H and O–H groups in total. The summed E-state index contributed by atoms with van der Waals surface area (Å²) in [5.74, 6) is 0.00828. The Balaban J connectivity index is 1.88. The first-order valence-corrected chi connectivity index (χ1v) is 11.8. The molecule has 2 aromatic carbocycles. The molecule has 1 fully saturated rings. The fourth-order valence-electron chi connectivity index (χ4n) is 3.67. The normalized spacial score (nSPS) is 20.1. The van der Waals surface area contributed by atoms with Gasteiger partial charge in [-0.15, -0.1) is 0 Å². The predicted molar refractivity (Wildman–Crippen MR) is 118 cm³/mol. The summed E-state index contributed by atoms with van der Waals surface area (Å²) in [4.78, 5) is 11.7. The molecule has 0 aliphatic carbocycles. The molecule has 1 atom stereocenters. The van der Waals surface area contributed by atoms with Crippen molar-refractivity contribution in [2.45, 2.75) is 24.2 Å². The topological polar surface area (TPSA) is 89.7 Å². The third kappa shape index (κ3) is 5.21. The Bertz CT molecular complexity index is 1050. The van der Waals surface area contributed by atoms with Gasteiger partial charge in [0.05, 0.1) is 16.7 Å². The molecular weight excluding hydrogens is 471 g/mol. The van der Waals surface area contributed by atoms with E-state index in [1.807, 2.05) is 0 Å². The van der Waals surface area contributed by atoms with E-state index in [2.05, 4.69) is 0 Å². The number of amides is 1. The number of primary amides is 1. The molecule has 0 spiro atoms. The van der Waals surface area contributed by atoms with Gasteiger partial charge in [0.15, 0.2) is 0 Å². The van der Waals surface area contributed by atoms with E-state index in [4.69, 9.17) is 45.3 Å². The number of sulfonamides is 1. The Morgan fingerprint density at radius 2 is 1.90 bits per heavy atom. The Labute approximate surface area is 190 Å². The molecular formula is C20H21Cl3N2O4S. The molecule has 30 heavy (non-hydrogen) atoms. The maximum atomic E-state index is 13.3. The second-order valence-corrected chi connectivity index (χ2v) is 10.5. The average molecular weight is 492 g/mol. The molecule has 6 nitrogen and oxygen atoms in total. The van der Waals surface area contributed by atoms with Crippen molar-refractivity contribution in [2.75, 3.05) is 19.7 Å². The molecule has 0 unspecified atom stereocenters. The SMILES string of the molecule is NC(=O)C[C@]1(COc2cccc(Cl)c2)CCCN(S(=O)(=O)c2cccc(Cl)c2Cl)C1. The Morgan fingerprint density at radius 1 is 1.17 bits per heavy atom. The van der Waals surface area contributed by atoms with Crippen molar-refractivity contribution in [3.8, 4) is 5.75 Å². The summed E-state index contributed by atoms with van der Waals surface area (Å²) >= 11 is 18.2. The van der Waals surface area contributed by atoms with E-state index < -0.39 is 21.3 Å².